The second kappa shape index (κ2) is 8.99. The molecule has 5 rings (SSSR count). The summed E-state index contributed by atoms with van der Waals surface area (Å²) < 4.78 is 51.3. The van der Waals surface area contributed by atoms with Crippen LogP contribution in [0.4, 0.5) is 13.2 Å². The maximum Gasteiger partial charge on any atom is 0.416 e. The van der Waals surface area contributed by atoms with Crippen LogP contribution in [0.1, 0.15) is 44.7 Å². The number of ether oxygens (including phenoxy) is 2. The number of alkyl halides is 3. The molecule has 1 fully saturated rings. The lowest BCUT2D eigenvalue weighted by Gasteiger charge is -2.18. The molecule has 1 heterocycles. The molecule has 9 heteroatoms. The SMILES string of the molecule is COC(=O)c1ccc(C2(NC(=O)c3cn(C)c4cccc(Oc5ccc(C(F)(F)F)cc5)c34)CC2)cc1. The van der Waals surface area contributed by atoms with Gasteiger partial charge >= 0.3 is 12.1 Å². The summed E-state index contributed by atoms with van der Waals surface area (Å²) in [6.45, 7) is 0. The van der Waals surface area contributed by atoms with Crippen LogP contribution in [0.25, 0.3) is 10.9 Å². The molecular weight excluding hydrogens is 485 g/mol. The van der Waals surface area contributed by atoms with Gasteiger partial charge in [0.25, 0.3) is 5.91 Å². The van der Waals surface area contributed by atoms with E-state index in [4.69, 9.17) is 9.47 Å². The first-order valence-corrected chi connectivity index (χ1v) is 11.6. The molecule has 0 bridgehead atoms. The Morgan fingerprint density at radius 3 is 2.24 bits per heavy atom. The van der Waals surface area contributed by atoms with Crippen molar-refractivity contribution < 1.29 is 32.2 Å². The number of rotatable bonds is 6. The van der Waals surface area contributed by atoms with E-state index in [1.807, 2.05) is 18.2 Å². The van der Waals surface area contributed by atoms with E-state index in [1.165, 1.54) is 19.2 Å². The van der Waals surface area contributed by atoms with Crippen molar-refractivity contribution in [1.29, 1.82) is 0 Å². The summed E-state index contributed by atoms with van der Waals surface area (Å²) in [4.78, 5) is 25.2. The van der Waals surface area contributed by atoms with Crippen LogP contribution in [0.3, 0.4) is 0 Å². The van der Waals surface area contributed by atoms with E-state index in [9.17, 15) is 22.8 Å². The van der Waals surface area contributed by atoms with Gasteiger partial charge in [-0.3, -0.25) is 4.79 Å². The molecule has 1 aromatic heterocycles. The maximum atomic E-state index is 13.5. The number of fused-ring (bicyclic) bond motifs is 1. The highest BCUT2D eigenvalue weighted by Crippen LogP contribution is 2.46. The molecule has 1 amide bonds. The van der Waals surface area contributed by atoms with Crippen molar-refractivity contribution in [3.05, 3.63) is 95.2 Å². The molecule has 4 aromatic rings. The minimum absolute atomic E-state index is 0.222. The van der Waals surface area contributed by atoms with Gasteiger partial charge in [0.2, 0.25) is 0 Å². The number of halogens is 3. The maximum absolute atomic E-state index is 13.5. The molecule has 0 saturated heterocycles. The molecule has 6 nitrogen and oxygen atoms in total. The van der Waals surface area contributed by atoms with Crippen LogP contribution in [-0.4, -0.2) is 23.6 Å². The number of hydrogen-bond donors (Lipinski definition) is 1. The molecular formula is C28H23F3N2O4. The second-order valence-electron chi connectivity index (χ2n) is 9.03. The van der Waals surface area contributed by atoms with Crippen molar-refractivity contribution in [1.82, 2.24) is 9.88 Å². The lowest BCUT2D eigenvalue weighted by molar-refractivity contribution is -0.137. The zero-order valence-corrected chi connectivity index (χ0v) is 20.1. The molecule has 0 radical (unpaired) electrons. The number of nitrogens with zero attached hydrogens (tertiary/aromatic N) is 1. The van der Waals surface area contributed by atoms with Gasteiger partial charge in [0.05, 0.1) is 40.2 Å². The predicted octanol–water partition coefficient (Wildman–Crippen LogP) is 6.20. The Labute approximate surface area is 210 Å². The summed E-state index contributed by atoms with van der Waals surface area (Å²) in [5.41, 5.74) is 1.12. The fourth-order valence-electron chi connectivity index (χ4n) is 4.45. The van der Waals surface area contributed by atoms with Crippen molar-refractivity contribution >= 4 is 22.8 Å². The lowest BCUT2D eigenvalue weighted by Crippen LogP contribution is -2.34. The quantitative estimate of drug-likeness (QED) is 0.315. The van der Waals surface area contributed by atoms with Crippen LogP contribution in [0, 0.1) is 0 Å². The molecule has 190 valence electrons. The Morgan fingerprint density at radius 2 is 1.65 bits per heavy atom. The Morgan fingerprint density at radius 1 is 0.973 bits per heavy atom. The van der Waals surface area contributed by atoms with E-state index in [1.54, 1.807) is 42.1 Å². The van der Waals surface area contributed by atoms with Crippen molar-refractivity contribution in [2.45, 2.75) is 24.6 Å². The summed E-state index contributed by atoms with van der Waals surface area (Å²) in [5, 5.41) is 3.69. The van der Waals surface area contributed by atoms with E-state index in [-0.39, 0.29) is 11.7 Å². The van der Waals surface area contributed by atoms with Gasteiger partial charge in [0.15, 0.2) is 0 Å². The fourth-order valence-corrected chi connectivity index (χ4v) is 4.45. The Hall–Kier alpha value is -4.27. The van der Waals surface area contributed by atoms with Crippen molar-refractivity contribution in [2.75, 3.05) is 7.11 Å². The van der Waals surface area contributed by atoms with Gasteiger partial charge in [-0.2, -0.15) is 13.2 Å². The summed E-state index contributed by atoms with van der Waals surface area (Å²) in [6.07, 6.45) is -1.25. The normalized spacial score (nSPS) is 14.3. The number of aryl methyl sites for hydroxylation is 1. The van der Waals surface area contributed by atoms with E-state index in [0.29, 0.717) is 22.3 Å². The van der Waals surface area contributed by atoms with Gasteiger partial charge in [-0.1, -0.05) is 18.2 Å². The molecule has 3 aromatic carbocycles. The molecule has 1 aliphatic carbocycles. The minimum Gasteiger partial charge on any atom is -0.465 e. The number of amides is 1. The third kappa shape index (κ3) is 4.64. The number of nitrogens with one attached hydrogen (secondary N) is 1. The van der Waals surface area contributed by atoms with Crippen LogP contribution < -0.4 is 10.1 Å². The number of esters is 1. The number of carbonyl (C=O) groups is 2. The topological polar surface area (TPSA) is 69.6 Å². The van der Waals surface area contributed by atoms with Gasteiger partial charge < -0.3 is 19.4 Å². The first kappa shape index (κ1) is 24.4. The summed E-state index contributed by atoms with van der Waals surface area (Å²) in [6, 6.07) is 16.6. The zero-order valence-electron chi connectivity index (χ0n) is 20.1. The highest BCUT2D eigenvalue weighted by molar-refractivity contribution is 6.09. The second-order valence-corrected chi connectivity index (χ2v) is 9.03. The van der Waals surface area contributed by atoms with Crippen molar-refractivity contribution in [3.63, 3.8) is 0 Å². The molecule has 0 unspecified atom stereocenters. The monoisotopic (exact) mass is 508 g/mol. The largest absolute Gasteiger partial charge is 0.465 e. The van der Waals surface area contributed by atoms with E-state index < -0.39 is 23.2 Å². The Kier molecular flexibility index (Phi) is 5.94. The Balaban J connectivity index is 1.43. The average molecular weight is 508 g/mol. The summed E-state index contributed by atoms with van der Waals surface area (Å²) in [7, 11) is 3.12. The van der Waals surface area contributed by atoms with Gasteiger partial charge in [-0.15, -0.1) is 0 Å². The molecule has 0 atom stereocenters. The number of benzene rings is 3. The predicted molar refractivity (Wildman–Crippen MR) is 131 cm³/mol. The van der Waals surface area contributed by atoms with E-state index >= 15 is 0 Å². The molecule has 1 N–H and O–H groups in total. The van der Waals surface area contributed by atoms with Crippen molar-refractivity contribution in [2.24, 2.45) is 7.05 Å². The Bertz CT molecular complexity index is 1490. The van der Waals surface area contributed by atoms with Gasteiger partial charge in [0.1, 0.15) is 11.5 Å². The fraction of sp³-hybridized carbons (Fsp3) is 0.214. The van der Waals surface area contributed by atoms with Crippen LogP contribution in [0.2, 0.25) is 0 Å². The molecule has 0 aliphatic heterocycles. The van der Waals surface area contributed by atoms with Gasteiger partial charge in [-0.05, 0) is 66.9 Å². The molecule has 37 heavy (non-hydrogen) atoms. The molecule has 1 saturated carbocycles. The number of hydrogen-bond acceptors (Lipinski definition) is 4. The van der Waals surface area contributed by atoms with Crippen LogP contribution in [0.5, 0.6) is 11.5 Å². The van der Waals surface area contributed by atoms with Crippen LogP contribution >= 0.6 is 0 Å². The molecule has 0 spiro atoms. The molecule has 1 aliphatic rings. The van der Waals surface area contributed by atoms with Gasteiger partial charge in [0, 0.05) is 13.2 Å². The third-order valence-corrected chi connectivity index (χ3v) is 6.59. The first-order chi connectivity index (χ1) is 17.6. The van der Waals surface area contributed by atoms with Crippen molar-refractivity contribution in [3.8, 4) is 11.5 Å². The number of aromatic nitrogens is 1. The summed E-state index contributed by atoms with van der Waals surface area (Å²) in [5.74, 6) is -0.157. The highest BCUT2D eigenvalue weighted by Gasteiger charge is 2.46. The smallest absolute Gasteiger partial charge is 0.416 e. The lowest BCUT2D eigenvalue weighted by atomic mass is 10.0. The third-order valence-electron chi connectivity index (χ3n) is 6.59. The van der Waals surface area contributed by atoms with E-state index in [0.717, 1.165) is 36.1 Å². The number of carbonyl (C=O) groups excluding carboxylic acids is 2. The van der Waals surface area contributed by atoms with E-state index in [2.05, 4.69) is 5.32 Å². The standard InChI is InChI=1S/C28H23F3N2O4/c1-33-16-21(25(34)32-27(14-15-27)18-8-6-17(7-9-18)26(35)36-2)24-22(33)4-3-5-23(24)37-20-12-10-19(11-13-20)28(29,30)31/h3-13,16H,14-15H2,1-2H3,(H,32,34). The van der Waals surface area contributed by atoms with Gasteiger partial charge in [-0.25, -0.2) is 4.79 Å². The highest BCUT2D eigenvalue weighted by atomic mass is 19.4. The average Bonchev–Trinajstić information content (AvgIpc) is 3.58. The van der Waals surface area contributed by atoms with Crippen LogP contribution in [0.15, 0.2) is 72.9 Å². The zero-order chi connectivity index (χ0) is 26.4. The summed E-state index contributed by atoms with van der Waals surface area (Å²) >= 11 is 0. The number of methoxy groups -OCH3 is 1. The first-order valence-electron chi connectivity index (χ1n) is 11.6. The minimum atomic E-state index is -4.44. The van der Waals surface area contributed by atoms with Crippen LogP contribution in [-0.2, 0) is 23.5 Å².